The Balaban J connectivity index is 1.84. The molecule has 8 heteroatoms. The largest absolute Gasteiger partial charge is 0.379 e. The number of rotatable bonds is 10. The molecule has 0 spiro atoms. The third kappa shape index (κ3) is 9.09. The minimum absolute atomic E-state index is 0.0688. The number of nitrogens with zero attached hydrogens (tertiary/aromatic N) is 3. The fourth-order valence-electron chi connectivity index (χ4n) is 3.41. The Morgan fingerprint density at radius 1 is 1.27 bits per heavy atom. The highest BCUT2D eigenvalue weighted by Crippen LogP contribution is 2.14. The van der Waals surface area contributed by atoms with Gasteiger partial charge < -0.3 is 20.7 Å². The lowest BCUT2D eigenvalue weighted by atomic mass is 10.0. The van der Waals surface area contributed by atoms with Gasteiger partial charge in [0.25, 0.3) is 0 Å². The molecule has 1 aromatic heterocycles. The highest BCUT2D eigenvalue weighted by molar-refractivity contribution is 5.90. The minimum Gasteiger partial charge on any atom is -0.379 e. The molecular formula is C22H38N6O2. The van der Waals surface area contributed by atoms with Crippen LogP contribution in [0.2, 0.25) is 0 Å². The molecule has 1 fully saturated rings. The molecule has 0 bridgehead atoms. The van der Waals surface area contributed by atoms with Gasteiger partial charge in [0.05, 0.1) is 19.8 Å². The number of anilines is 1. The number of hydrogen-bond donors (Lipinski definition) is 3. The summed E-state index contributed by atoms with van der Waals surface area (Å²) in [5.41, 5.74) is 1.06. The number of hydrogen-bond acceptors (Lipinski definition) is 5. The normalized spacial score (nSPS) is 16.4. The Morgan fingerprint density at radius 3 is 2.67 bits per heavy atom. The molecule has 0 radical (unpaired) electrons. The minimum atomic E-state index is -0.0688. The Hall–Kier alpha value is -2.19. The average molecular weight is 419 g/mol. The number of carbonyl (C=O) groups excluding carboxylic acids is 1. The summed E-state index contributed by atoms with van der Waals surface area (Å²) in [5, 5.41) is 9.37. The lowest BCUT2D eigenvalue weighted by Gasteiger charge is -2.34. The summed E-state index contributed by atoms with van der Waals surface area (Å²) in [6.07, 6.45) is 3.19. The Bertz CT molecular complexity index is 656. The van der Waals surface area contributed by atoms with Crippen LogP contribution in [-0.4, -0.2) is 73.7 Å². The molecule has 0 saturated carbocycles. The van der Waals surface area contributed by atoms with Crippen molar-refractivity contribution in [3.8, 4) is 0 Å². The van der Waals surface area contributed by atoms with E-state index in [1.807, 2.05) is 26.0 Å². The lowest BCUT2D eigenvalue weighted by molar-refractivity contribution is -0.116. The van der Waals surface area contributed by atoms with E-state index in [0.717, 1.165) is 57.3 Å². The second-order valence-corrected chi connectivity index (χ2v) is 8.10. The molecule has 0 aromatic carbocycles. The third-order valence-electron chi connectivity index (χ3n) is 4.93. The molecule has 1 amide bonds. The Kier molecular flexibility index (Phi) is 10.6. The van der Waals surface area contributed by atoms with Crippen LogP contribution in [-0.2, 0) is 9.53 Å². The van der Waals surface area contributed by atoms with E-state index >= 15 is 0 Å². The Labute approximate surface area is 180 Å². The lowest BCUT2D eigenvalue weighted by Crippen LogP contribution is -2.46. The first-order chi connectivity index (χ1) is 14.5. The van der Waals surface area contributed by atoms with Gasteiger partial charge in [0, 0.05) is 44.8 Å². The van der Waals surface area contributed by atoms with Crippen molar-refractivity contribution in [2.45, 2.75) is 46.6 Å². The van der Waals surface area contributed by atoms with Crippen LogP contribution in [0.25, 0.3) is 0 Å². The predicted octanol–water partition coefficient (Wildman–Crippen LogP) is 2.02. The van der Waals surface area contributed by atoms with Gasteiger partial charge in [-0.05, 0) is 37.8 Å². The molecular weight excluding hydrogens is 380 g/mol. The van der Waals surface area contributed by atoms with E-state index in [2.05, 4.69) is 39.7 Å². The zero-order valence-corrected chi connectivity index (χ0v) is 18.9. The molecule has 168 valence electrons. The summed E-state index contributed by atoms with van der Waals surface area (Å²) in [4.78, 5) is 23.7. The van der Waals surface area contributed by atoms with Crippen molar-refractivity contribution in [1.29, 1.82) is 0 Å². The van der Waals surface area contributed by atoms with Crippen molar-refractivity contribution in [1.82, 2.24) is 20.5 Å². The number of nitrogens with one attached hydrogen (secondary N) is 3. The summed E-state index contributed by atoms with van der Waals surface area (Å²) in [5.74, 6) is 1.87. The van der Waals surface area contributed by atoms with Gasteiger partial charge in [-0.15, -0.1) is 0 Å². The topological polar surface area (TPSA) is 90.9 Å². The van der Waals surface area contributed by atoms with Crippen molar-refractivity contribution in [3.05, 3.63) is 23.9 Å². The number of aliphatic imine (C=N–C) groups is 1. The van der Waals surface area contributed by atoms with Crippen LogP contribution in [0.5, 0.6) is 0 Å². The molecule has 1 saturated heterocycles. The summed E-state index contributed by atoms with van der Waals surface area (Å²) in [6.45, 7) is 14.0. The highest BCUT2D eigenvalue weighted by Gasteiger charge is 2.21. The maximum Gasteiger partial charge on any atom is 0.227 e. The van der Waals surface area contributed by atoms with Gasteiger partial charge in [-0.2, -0.15) is 0 Å². The van der Waals surface area contributed by atoms with Crippen LogP contribution >= 0.6 is 0 Å². The molecule has 2 rings (SSSR count). The second-order valence-electron chi connectivity index (χ2n) is 8.10. The van der Waals surface area contributed by atoms with Crippen LogP contribution < -0.4 is 16.0 Å². The monoisotopic (exact) mass is 418 g/mol. The smallest absolute Gasteiger partial charge is 0.227 e. The van der Waals surface area contributed by atoms with E-state index < -0.39 is 0 Å². The van der Waals surface area contributed by atoms with Crippen molar-refractivity contribution in [2.75, 3.05) is 51.3 Å². The van der Waals surface area contributed by atoms with Gasteiger partial charge in [-0.25, -0.2) is 4.98 Å². The summed E-state index contributed by atoms with van der Waals surface area (Å²) >= 11 is 0. The Morgan fingerprint density at radius 2 is 2.03 bits per heavy atom. The van der Waals surface area contributed by atoms with E-state index in [0.29, 0.717) is 30.7 Å². The van der Waals surface area contributed by atoms with Crippen LogP contribution in [0, 0.1) is 12.8 Å². The third-order valence-corrected chi connectivity index (χ3v) is 4.93. The molecule has 1 aromatic rings. The zero-order valence-electron chi connectivity index (χ0n) is 18.9. The van der Waals surface area contributed by atoms with Gasteiger partial charge in [-0.3, -0.25) is 14.7 Å². The van der Waals surface area contributed by atoms with Gasteiger partial charge in [0.2, 0.25) is 5.91 Å². The molecule has 8 nitrogen and oxygen atoms in total. The maximum atomic E-state index is 12.2. The van der Waals surface area contributed by atoms with Crippen LogP contribution in [0.4, 0.5) is 5.82 Å². The van der Waals surface area contributed by atoms with Gasteiger partial charge in [0.1, 0.15) is 5.82 Å². The molecule has 1 aliphatic heterocycles. The molecule has 2 heterocycles. The molecule has 1 unspecified atom stereocenters. The van der Waals surface area contributed by atoms with E-state index in [-0.39, 0.29) is 5.91 Å². The van der Waals surface area contributed by atoms with Crippen LogP contribution in [0.3, 0.4) is 0 Å². The van der Waals surface area contributed by atoms with E-state index in [1.165, 1.54) is 0 Å². The number of carbonyl (C=O) groups is 1. The fourth-order valence-corrected chi connectivity index (χ4v) is 3.41. The quantitative estimate of drug-likeness (QED) is 0.398. The number of amides is 1. The molecule has 0 aliphatic carbocycles. The molecule has 3 N–H and O–H groups in total. The fraction of sp³-hybridized carbons (Fsp3) is 0.682. The summed E-state index contributed by atoms with van der Waals surface area (Å²) in [6, 6.07) is 4.14. The van der Waals surface area contributed by atoms with Gasteiger partial charge in [-0.1, -0.05) is 19.9 Å². The van der Waals surface area contributed by atoms with Crippen molar-refractivity contribution in [3.63, 3.8) is 0 Å². The van der Waals surface area contributed by atoms with Crippen molar-refractivity contribution in [2.24, 2.45) is 10.9 Å². The van der Waals surface area contributed by atoms with Gasteiger partial charge in [0.15, 0.2) is 5.96 Å². The number of ether oxygens (including phenoxy) is 1. The van der Waals surface area contributed by atoms with Crippen LogP contribution in [0.1, 0.15) is 39.2 Å². The number of pyridine rings is 1. The summed E-state index contributed by atoms with van der Waals surface area (Å²) in [7, 11) is 0. The van der Waals surface area contributed by atoms with Crippen molar-refractivity contribution < 1.29 is 9.53 Å². The second kappa shape index (κ2) is 13.2. The predicted molar refractivity (Wildman–Crippen MR) is 122 cm³/mol. The van der Waals surface area contributed by atoms with E-state index in [4.69, 9.17) is 9.73 Å². The first-order valence-electron chi connectivity index (χ1n) is 11.0. The van der Waals surface area contributed by atoms with Crippen LogP contribution in [0.15, 0.2) is 23.3 Å². The molecule has 30 heavy (non-hydrogen) atoms. The zero-order chi connectivity index (χ0) is 21.8. The number of aromatic nitrogens is 1. The molecule has 1 aliphatic rings. The van der Waals surface area contributed by atoms with Gasteiger partial charge >= 0.3 is 0 Å². The SMILES string of the molecule is CCNC(=NCC(CC(C)C)N1CCOCC1)NCCC(=O)Nc1ccc(C)cn1. The van der Waals surface area contributed by atoms with Crippen molar-refractivity contribution >= 4 is 17.7 Å². The number of morpholine rings is 1. The molecule has 1 atom stereocenters. The first-order valence-corrected chi connectivity index (χ1v) is 11.0. The number of guanidine groups is 1. The number of aryl methyl sites for hydroxylation is 1. The summed E-state index contributed by atoms with van der Waals surface area (Å²) < 4.78 is 5.50. The highest BCUT2D eigenvalue weighted by atomic mass is 16.5. The standard InChI is InChI=1S/C22H38N6O2/c1-5-23-22(24-9-8-21(29)27-20-7-6-18(4)15-25-20)26-16-19(14-17(2)3)28-10-12-30-13-11-28/h6-7,15,17,19H,5,8-14,16H2,1-4H3,(H2,23,24,26)(H,25,27,29). The van der Waals surface area contributed by atoms with E-state index in [1.54, 1.807) is 6.20 Å². The average Bonchev–Trinajstić information content (AvgIpc) is 2.73. The van der Waals surface area contributed by atoms with E-state index in [9.17, 15) is 4.79 Å². The maximum absolute atomic E-state index is 12.2. The first kappa shape index (κ1) is 24.1.